The Hall–Kier alpha value is -3.71. The van der Waals surface area contributed by atoms with Gasteiger partial charge in [-0.3, -0.25) is 9.59 Å². The third-order valence-electron chi connectivity index (χ3n) is 4.14. The van der Waals surface area contributed by atoms with Crippen LogP contribution in [0.2, 0.25) is 0 Å². The van der Waals surface area contributed by atoms with E-state index in [0.29, 0.717) is 11.3 Å². The number of benzene rings is 3. The van der Waals surface area contributed by atoms with E-state index in [1.165, 1.54) is 24.3 Å². The summed E-state index contributed by atoms with van der Waals surface area (Å²) in [5, 5.41) is 2.79. The highest BCUT2D eigenvalue weighted by atomic mass is 32.2. The van der Waals surface area contributed by atoms with Crippen LogP contribution < -0.4 is 10.0 Å². The van der Waals surface area contributed by atoms with Crippen molar-refractivity contribution in [3.8, 4) is 0 Å². The van der Waals surface area contributed by atoms with Crippen LogP contribution in [0, 0.1) is 0 Å². The lowest BCUT2D eigenvalue weighted by atomic mass is 10.0. The van der Waals surface area contributed by atoms with Crippen molar-refractivity contribution in [3.63, 3.8) is 0 Å². The number of nitrogens with one attached hydrogen (secondary N) is 2. The van der Waals surface area contributed by atoms with Crippen LogP contribution in [0.4, 0.5) is 5.69 Å². The van der Waals surface area contributed by atoms with Gasteiger partial charge in [0.2, 0.25) is 5.91 Å². The summed E-state index contributed by atoms with van der Waals surface area (Å²) in [5.41, 5.74) is 2.53. The van der Waals surface area contributed by atoms with Gasteiger partial charge in [0.15, 0.2) is 0 Å². The van der Waals surface area contributed by atoms with Gasteiger partial charge >= 0.3 is 0 Å². The minimum atomic E-state index is -3.93. The Morgan fingerprint density at radius 3 is 1.93 bits per heavy atom. The molecule has 6 nitrogen and oxygen atoms in total. The lowest BCUT2D eigenvalue weighted by molar-refractivity contribution is -0.117. The molecule has 0 saturated heterocycles. The van der Waals surface area contributed by atoms with E-state index in [1.807, 2.05) is 65.4 Å². The van der Waals surface area contributed by atoms with Crippen LogP contribution >= 0.6 is 0 Å². The molecular weight excluding hydrogens is 400 g/mol. The molecule has 2 N–H and O–H groups in total. The number of rotatable bonds is 6. The average Bonchev–Trinajstić information content (AvgIpc) is 2.73. The summed E-state index contributed by atoms with van der Waals surface area (Å²) in [7, 11) is -3.93. The third-order valence-corrected chi connectivity index (χ3v) is 5.59. The van der Waals surface area contributed by atoms with Crippen molar-refractivity contribution < 1.29 is 18.0 Å². The van der Waals surface area contributed by atoms with Gasteiger partial charge in [0.25, 0.3) is 15.9 Å². The molecule has 0 spiro atoms. The largest absolute Gasteiger partial charge is 0.322 e. The van der Waals surface area contributed by atoms with Crippen molar-refractivity contribution >= 4 is 39.2 Å². The Bertz CT molecular complexity index is 1170. The maximum atomic E-state index is 13.0. The van der Waals surface area contributed by atoms with Gasteiger partial charge in [-0.2, -0.15) is 0 Å². The minimum Gasteiger partial charge on any atom is -0.322 e. The molecule has 0 radical (unpaired) electrons. The number of hydrogen-bond donors (Lipinski definition) is 2. The molecule has 7 heteroatoms. The predicted octanol–water partition coefficient (Wildman–Crippen LogP) is 3.69. The topological polar surface area (TPSA) is 92.3 Å². The standard InChI is InChI=1S/C23H20N2O4S/c1-17(26)25-30(28,29)21-14-12-20(13-15-21)24-23(27)22(19-10-6-3-7-11-19)16-18-8-4-2-5-9-18/h2-16H,1H3,(H,24,27)(H,25,26). The van der Waals surface area contributed by atoms with Crippen LogP contribution in [0.1, 0.15) is 18.1 Å². The van der Waals surface area contributed by atoms with E-state index in [0.717, 1.165) is 18.1 Å². The molecule has 3 aromatic rings. The zero-order valence-corrected chi connectivity index (χ0v) is 17.0. The fourth-order valence-electron chi connectivity index (χ4n) is 2.78. The summed E-state index contributed by atoms with van der Waals surface area (Å²) >= 11 is 0. The normalized spacial score (nSPS) is 11.6. The highest BCUT2D eigenvalue weighted by Gasteiger charge is 2.16. The molecule has 30 heavy (non-hydrogen) atoms. The first-order valence-electron chi connectivity index (χ1n) is 9.12. The van der Waals surface area contributed by atoms with E-state index < -0.39 is 15.9 Å². The highest BCUT2D eigenvalue weighted by Crippen LogP contribution is 2.21. The van der Waals surface area contributed by atoms with E-state index in [1.54, 1.807) is 6.08 Å². The van der Waals surface area contributed by atoms with Gasteiger partial charge < -0.3 is 5.32 Å². The van der Waals surface area contributed by atoms with Crippen molar-refractivity contribution in [3.05, 3.63) is 96.1 Å². The molecule has 0 atom stereocenters. The smallest absolute Gasteiger partial charge is 0.264 e. The number of amides is 2. The summed E-state index contributed by atoms with van der Waals surface area (Å²) in [6, 6.07) is 24.3. The van der Waals surface area contributed by atoms with Gasteiger partial charge in [0, 0.05) is 18.2 Å². The first kappa shape index (κ1) is 21.0. The Morgan fingerprint density at radius 1 is 0.800 bits per heavy atom. The Balaban J connectivity index is 1.86. The summed E-state index contributed by atoms with van der Waals surface area (Å²) in [6.07, 6.45) is 1.79. The van der Waals surface area contributed by atoms with E-state index in [9.17, 15) is 18.0 Å². The van der Waals surface area contributed by atoms with Crippen LogP contribution in [-0.4, -0.2) is 20.2 Å². The highest BCUT2D eigenvalue weighted by molar-refractivity contribution is 7.90. The number of hydrogen-bond acceptors (Lipinski definition) is 4. The van der Waals surface area contributed by atoms with Crippen LogP contribution in [0.25, 0.3) is 11.6 Å². The van der Waals surface area contributed by atoms with Crippen molar-refractivity contribution in [2.24, 2.45) is 0 Å². The van der Waals surface area contributed by atoms with Gasteiger partial charge in [0.05, 0.1) is 4.90 Å². The van der Waals surface area contributed by atoms with Crippen LogP contribution in [0.3, 0.4) is 0 Å². The van der Waals surface area contributed by atoms with Crippen molar-refractivity contribution in [2.75, 3.05) is 5.32 Å². The molecule has 0 aliphatic rings. The van der Waals surface area contributed by atoms with Gasteiger partial charge in [0.1, 0.15) is 0 Å². The van der Waals surface area contributed by atoms with E-state index >= 15 is 0 Å². The van der Waals surface area contributed by atoms with Gasteiger partial charge in [-0.1, -0.05) is 60.7 Å². The molecular formula is C23H20N2O4S. The summed E-state index contributed by atoms with van der Waals surface area (Å²) < 4.78 is 26.0. The zero-order valence-electron chi connectivity index (χ0n) is 16.2. The SMILES string of the molecule is CC(=O)NS(=O)(=O)c1ccc(NC(=O)C(=Cc2ccccc2)c2ccccc2)cc1. The molecule has 0 unspecified atom stereocenters. The quantitative estimate of drug-likeness (QED) is 0.470. The Morgan fingerprint density at radius 2 is 1.37 bits per heavy atom. The number of anilines is 1. The fraction of sp³-hybridized carbons (Fsp3) is 0.0435. The molecule has 0 fully saturated rings. The summed E-state index contributed by atoms with van der Waals surface area (Å²) in [5.74, 6) is -1.01. The van der Waals surface area contributed by atoms with E-state index in [-0.39, 0.29) is 10.8 Å². The number of carbonyl (C=O) groups excluding carboxylic acids is 2. The lowest BCUT2D eigenvalue weighted by Crippen LogP contribution is -2.28. The molecule has 152 valence electrons. The molecule has 2 amide bonds. The van der Waals surface area contributed by atoms with Crippen LogP contribution in [0.15, 0.2) is 89.8 Å². The predicted molar refractivity (Wildman–Crippen MR) is 117 cm³/mol. The molecule has 0 bridgehead atoms. The molecule has 0 aromatic heterocycles. The third kappa shape index (κ3) is 5.42. The fourth-order valence-corrected chi connectivity index (χ4v) is 3.77. The first-order valence-corrected chi connectivity index (χ1v) is 10.6. The van der Waals surface area contributed by atoms with E-state index in [2.05, 4.69) is 5.32 Å². The van der Waals surface area contributed by atoms with Gasteiger partial charge in [-0.25, -0.2) is 13.1 Å². The zero-order chi connectivity index (χ0) is 21.6. The van der Waals surface area contributed by atoms with Gasteiger partial charge in [-0.15, -0.1) is 0 Å². The van der Waals surface area contributed by atoms with Crippen molar-refractivity contribution in [1.82, 2.24) is 4.72 Å². The van der Waals surface area contributed by atoms with Crippen LogP contribution in [0.5, 0.6) is 0 Å². The van der Waals surface area contributed by atoms with E-state index in [4.69, 9.17) is 0 Å². The molecule has 3 aromatic carbocycles. The Labute approximate surface area is 175 Å². The maximum Gasteiger partial charge on any atom is 0.264 e. The lowest BCUT2D eigenvalue weighted by Gasteiger charge is -2.11. The molecule has 0 heterocycles. The first-order chi connectivity index (χ1) is 14.3. The second-order valence-corrected chi connectivity index (χ2v) is 8.16. The van der Waals surface area contributed by atoms with Crippen molar-refractivity contribution in [1.29, 1.82) is 0 Å². The molecule has 3 rings (SSSR count). The maximum absolute atomic E-state index is 13.0. The summed E-state index contributed by atoms with van der Waals surface area (Å²) in [4.78, 5) is 24.0. The average molecular weight is 420 g/mol. The van der Waals surface area contributed by atoms with Crippen molar-refractivity contribution in [2.45, 2.75) is 11.8 Å². The van der Waals surface area contributed by atoms with Gasteiger partial charge in [-0.05, 0) is 41.5 Å². The minimum absolute atomic E-state index is 0.0705. The molecule has 0 aliphatic carbocycles. The number of carbonyl (C=O) groups is 2. The Kier molecular flexibility index (Phi) is 6.44. The molecule has 0 saturated carbocycles. The molecule has 0 aliphatic heterocycles. The second kappa shape index (κ2) is 9.19. The van der Waals surface area contributed by atoms with Crippen LogP contribution in [-0.2, 0) is 19.6 Å². The number of sulfonamides is 1. The monoisotopic (exact) mass is 420 g/mol. The second-order valence-electron chi connectivity index (χ2n) is 6.47. The summed E-state index contributed by atoms with van der Waals surface area (Å²) in [6.45, 7) is 1.12.